The van der Waals surface area contributed by atoms with Crippen molar-refractivity contribution in [3.8, 4) is 0 Å². The average Bonchev–Trinajstić information content (AvgIpc) is 2.57. The van der Waals surface area contributed by atoms with Crippen molar-refractivity contribution in [1.82, 2.24) is 15.2 Å². The fraction of sp³-hybridized carbons (Fsp3) is 0.333. The third-order valence-electron chi connectivity index (χ3n) is 2.63. The van der Waals surface area contributed by atoms with Crippen LogP contribution in [0.2, 0.25) is 0 Å². The lowest BCUT2D eigenvalue weighted by Crippen LogP contribution is -2.12. The van der Waals surface area contributed by atoms with Gasteiger partial charge in [0, 0.05) is 17.3 Å². The van der Waals surface area contributed by atoms with Gasteiger partial charge in [-0.05, 0) is 19.3 Å². The molecule has 0 spiro atoms. The van der Waals surface area contributed by atoms with E-state index >= 15 is 0 Å². The number of aromatic nitrogens is 3. The second-order valence-electron chi connectivity index (χ2n) is 3.41. The van der Waals surface area contributed by atoms with Gasteiger partial charge >= 0.3 is 0 Å². The van der Waals surface area contributed by atoms with Gasteiger partial charge < -0.3 is 4.98 Å². The SMILES string of the molecule is O=c1[nH]nc2c3c([nH]cc13)CCC2. The summed E-state index contributed by atoms with van der Waals surface area (Å²) in [7, 11) is 0. The van der Waals surface area contributed by atoms with Crippen LogP contribution in [0.15, 0.2) is 11.0 Å². The summed E-state index contributed by atoms with van der Waals surface area (Å²) in [4.78, 5) is 14.5. The van der Waals surface area contributed by atoms with Crippen molar-refractivity contribution in [3.63, 3.8) is 0 Å². The minimum absolute atomic E-state index is 0.0943. The smallest absolute Gasteiger partial charge is 0.273 e. The zero-order valence-electron chi connectivity index (χ0n) is 7.05. The maximum absolute atomic E-state index is 11.3. The van der Waals surface area contributed by atoms with E-state index in [4.69, 9.17) is 0 Å². The monoisotopic (exact) mass is 175 g/mol. The highest BCUT2D eigenvalue weighted by Gasteiger charge is 2.16. The van der Waals surface area contributed by atoms with Gasteiger partial charge in [0.2, 0.25) is 0 Å². The Labute approximate surface area is 74.0 Å². The lowest BCUT2D eigenvalue weighted by atomic mass is 10.00. The molecule has 1 aliphatic carbocycles. The summed E-state index contributed by atoms with van der Waals surface area (Å²) in [5.74, 6) is 0. The Morgan fingerprint density at radius 2 is 2.31 bits per heavy atom. The number of rotatable bonds is 0. The van der Waals surface area contributed by atoms with Crippen LogP contribution in [0.5, 0.6) is 0 Å². The van der Waals surface area contributed by atoms with Gasteiger partial charge in [0.05, 0.1) is 11.1 Å². The van der Waals surface area contributed by atoms with Crippen molar-refractivity contribution >= 4 is 10.8 Å². The van der Waals surface area contributed by atoms with Crippen LogP contribution < -0.4 is 5.56 Å². The average molecular weight is 175 g/mol. The summed E-state index contributed by atoms with van der Waals surface area (Å²) in [5.41, 5.74) is 2.09. The number of H-pyrrole nitrogens is 2. The molecule has 13 heavy (non-hydrogen) atoms. The lowest BCUT2D eigenvalue weighted by Gasteiger charge is -2.09. The summed E-state index contributed by atoms with van der Waals surface area (Å²) in [6.45, 7) is 0. The molecule has 2 heterocycles. The summed E-state index contributed by atoms with van der Waals surface area (Å²) in [5, 5.41) is 8.37. The fourth-order valence-electron chi connectivity index (χ4n) is 2.02. The number of nitrogens with zero attached hydrogens (tertiary/aromatic N) is 1. The lowest BCUT2D eigenvalue weighted by molar-refractivity contribution is 0.752. The highest BCUT2D eigenvalue weighted by molar-refractivity contribution is 5.86. The Kier molecular flexibility index (Phi) is 1.17. The van der Waals surface area contributed by atoms with E-state index in [1.165, 1.54) is 0 Å². The second kappa shape index (κ2) is 2.22. The van der Waals surface area contributed by atoms with Crippen molar-refractivity contribution in [2.75, 3.05) is 0 Å². The van der Waals surface area contributed by atoms with Crippen molar-refractivity contribution in [3.05, 3.63) is 27.9 Å². The first kappa shape index (κ1) is 6.88. The molecule has 0 amide bonds. The van der Waals surface area contributed by atoms with Crippen molar-refractivity contribution in [1.29, 1.82) is 0 Å². The van der Waals surface area contributed by atoms with Crippen molar-refractivity contribution < 1.29 is 0 Å². The quantitative estimate of drug-likeness (QED) is 0.620. The molecular formula is C9H9N3O. The Bertz CT molecular complexity index is 523. The zero-order chi connectivity index (χ0) is 8.84. The van der Waals surface area contributed by atoms with Gasteiger partial charge in [0.1, 0.15) is 0 Å². The summed E-state index contributed by atoms with van der Waals surface area (Å²) >= 11 is 0. The third-order valence-corrected chi connectivity index (χ3v) is 2.63. The summed E-state index contributed by atoms with van der Waals surface area (Å²) < 4.78 is 0. The first-order valence-electron chi connectivity index (χ1n) is 4.44. The number of hydrogen-bond donors (Lipinski definition) is 2. The standard InChI is InChI=1S/C9H9N3O/c13-9-5-4-10-6-2-1-3-7(8(5)6)11-12-9/h4,10H,1-3H2,(H,12,13). The molecule has 4 nitrogen and oxygen atoms in total. The minimum Gasteiger partial charge on any atom is -0.364 e. The number of aryl methyl sites for hydroxylation is 2. The molecule has 0 aromatic carbocycles. The van der Waals surface area contributed by atoms with E-state index in [2.05, 4.69) is 15.2 Å². The van der Waals surface area contributed by atoms with Gasteiger partial charge in [-0.25, -0.2) is 5.10 Å². The Balaban J connectivity index is 2.57. The van der Waals surface area contributed by atoms with Crippen LogP contribution in [0.25, 0.3) is 10.8 Å². The molecule has 2 N–H and O–H groups in total. The number of nitrogens with one attached hydrogen (secondary N) is 2. The molecule has 2 aromatic heterocycles. The van der Waals surface area contributed by atoms with E-state index in [0.29, 0.717) is 0 Å². The van der Waals surface area contributed by atoms with E-state index in [1.54, 1.807) is 6.20 Å². The molecule has 0 saturated heterocycles. The molecule has 4 heteroatoms. The molecule has 0 unspecified atom stereocenters. The predicted molar refractivity (Wildman–Crippen MR) is 48.7 cm³/mol. The molecule has 2 aromatic rings. The zero-order valence-corrected chi connectivity index (χ0v) is 7.05. The predicted octanol–water partition coefficient (Wildman–Crippen LogP) is 0.740. The molecule has 1 aliphatic rings. The molecule has 0 aliphatic heterocycles. The Morgan fingerprint density at radius 1 is 1.38 bits per heavy atom. The number of hydrogen-bond acceptors (Lipinski definition) is 2. The highest BCUT2D eigenvalue weighted by Crippen LogP contribution is 2.24. The summed E-state index contributed by atoms with van der Waals surface area (Å²) in [6.07, 6.45) is 4.89. The van der Waals surface area contributed by atoms with Gasteiger partial charge in [-0.1, -0.05) is 0 Å². The minimum atomic E-state index is -0.0943. The highest BCUT2D eigenvalue weighted by atomic mass is 16.1. The van der Waals surface area contributed by atoms with E-state index < -0.39 is 0 Å². The Hall–Kier alpha value is -1.58. The normalized spacial score (nSPS) is 15.1. The maximum Gasteiger partial charge on any atom is 0.273 e. The van der Waals surface area contributed by atoms with E-state index in [1.807, 2.05) is 0 Å². The van der Waals surface area contributed by atoms with Crippen LogP contribution >= 0.6 is 0 Å². The molecule has 3 rings (SSSR count). The van der Waals surface area contributed by atoms with Crippen molar-refractivity contribution in [2.45, 2.75) is 19.3 Å². The molecule has 0 fully saturated rings. The van der Waals surface area contributed by atoms with Crippen LogP contribution in [0.1, 0.15) is 17.8 Å². The van der Waals surface area contributed by atoms with Gasteiger partial charge in [-0.15, -0.1) is 0 Å². The van der Waals surface area contributed by atoms with E-state index in [-0.39, 0.29) is 5.56 Å². The van der Waals surface area contributed by atoms with Gasteiger partial charge in [0.25, 0.3) is 5.56 Å². The van der Waals surface area contributed by atoms with Gasteiger partial charge in [-0.2, -0.15) is 5.10 Å². The van der Waals surface area contributed by atoms with Crippen LogP contribution in [-0.4, -0.2) is 15.2 Å². The molecule has 66 valence electrons. The molecule has 0 saturated carbocycles. The molecule has 0 radical (unpaired) electrons. The van der Waals surface area contributed by atoms with E-state index in [9.17, 15) is 4.79 Å². The largest absolute Gasteiger partial charge is 0.364 e. The first-order valence-corrected chi connectivity index (χ1v) is 4.44. The van der Waals surface area contributed by atoms with Crippen LogP contribution in [0.4, 0.5) is 0 Å². The third kappa shape index (κ3) is 0.798. The molecule has 0 bridgehead atoms. The second-order valence-corrected chi connectivity index (χ2v) is 3.41. The first-order chi connectivity index (χ1) is 6.36. The number of aromatic amines is 2. The van der Waals surface area contributed by atoms with Crippen LogP contribution in [0.3, 0.4) is 0 Å². The summed E-state index contributed by atoms with van der Waals surface area (Å²) in [6, 6.07) is 0. The topological polar surface area (TPSA) is 61.5 Å². The Morgan fingerprint density at radius 3 is 3.23 bits per heavy atom. The van der Waals surface area contributed by atoms with Gasteiger partial charge in [0.15, 0.2) is 0 Å². The molecule has 0 atom stereocenters. The van der Waals surface area contributed by atoms with Crippen LogP contribution in [-0.2, 0) is 12.8 Å². The van der Waals surface area contributed by atoms with Gasteiger partial charge in [-0.3, -0.25) is 4.79 Å². The van der Waals surface area contributed by atoms with E-state index in [0.717, 1.165) is 41.4 Å². The van der Waals surface area contributed by atoms with Crippen LogP contribution in [0, 0.1) is 0 Å². The fourth-order valence-corrected chi connectivity index (χ4v) is 2.02. The van der Waals surface area contributed by atoms with Crippen molar-refractivity contribution in [2.24, 2.45) is 0 Å². The maximum atomic E-state index is 11.3. The molecular weight excluding hydrogens is 166 g/mol.